The van der Waals surface area contributed by atoms with Crippen molar-refractivity contribution < 1.29 is 0 Å². The molecule has 1 unspecified atom stereocenters. The van der Waals surface area contributed by atoms with E-state index in [0.29, 0.717) is 0 Å². The van der Waals surface area contributed by atoms with Gasteiger partial charge in [0, 0.05) is 19.0 Å². The van der Waals surface area contributed by atoms with Gasteiger partial charge in [0.15, 0.2) is 0 Å². The van der Waals surface area contributed by atoms with Crippen LogP contribution < -0.4 is 0 Å². The molecule has 0 N–H and O–H groups in total. The molecule has 0 heterocycles. The van der Waals surface area contributed by atoms with Crippen molar-refractivity contribution >= 4 is 19.0 Å². The highest BCUT2D eigenvalue weighted by atomic mass is 28.2. The van der Waals surface area contributed by atoms with Gasteiger partial charge in [0.25, 0.3) is 0 Å². The van der Waals surface area contributed by atoms with Crippen molar-refractivity contribution in [1.82, 2.24) is 0 Å². The van der Waals surface area contributed by atoms with Crippen LogP contribution in [-0.2, 0) is 0 Å². The lowest BCUT2D eigenvalue weighted by molar-refractivity contribution is 0.546. The molecule has 0 aliphatic rings. The first-order valence-electron chi connectivity index (χ1n) is 6.71. The number of allylic oxidation sites excluding steroid dienone is 1. The Labute approximate surface area is 139 Å². The van der Waals surface area contributed by atoms with E-state index in [1.165, 1.54) is 12.8 Å². The first-order valence-corrected chi connectivity index (χ1v) is 11.2. The Morgan fingerprint density at radius 1 is 1.00 bits per heavy atom. The second-order valence-electron chi connectivity index (χ2n) is 4.42. The molecule has 0 aliphatic carbocycles. The van der Waals surface area contributed by atoms with Crippen molar-refractivity contribution in [2.75, 3.05) is 0 Å². The van der Waals surface area contributed by atoms with Gasteiger partial charge in [0.2, 0.25) is 0 Å². The van der Waals surface area contributed by atoms with Crippen LogP contribution in [-0.4, -0.2) is 19.0 Å². The SMILES string of the molecule is C.C.C.C.C=CC.C=C[SiH2]C.CCC(CC(C)C)[SiH2]C. The fraction of sp³-hybridized carbons (Fsp3) is 0.778. The van der Waals surface area contributed by atoms with E-state index < -0.39 is 0 Å². The molecule has 0 aliphatic heterocycles. The molecular weight excluding hydrogens is 272 g/mol. The molecule has 20 heavy (non-hydrogen) atoms. The van der Waals surface area contributed by atoms with Crippen LogP contribution in [0.25, 0.3) is 0 Å². The predicted molar refractivity (Wildman–Crippen MR) is 115 cm³/mol. The second kappa shape index (κ2) is 42.8. The van der Waals surface area contributed by atoms with Crippen LogP contribution in [0.1, 0.15) is 70.2 Å². The largest absolute Gasteiger partial charge is 0.109 e. The van der Waals surface area contributed by atoms with Gasteiger partial charge in [-0.3, -0.25) is 0 Å². The summed E-state index contributed by atoms with van der Waals surface area (Å²) in [7, 11) is 0.473. The van der Waals surface area contributed by atoms with Gasteiger partial charge in [-0.25, -0.2) is 0 Å². The number of hydrogen-bond acceptors (Lipinski definition) is 0. The third-order valence-electron chi connectivity index (χ3n) is 2.25. The molecule has 2 heteroatoms. The van der Waals surface area contributed by atoms with Crippen LogP contribution in [0.3, 0.4) is 0 Å². The van der Waals surface area contributed by atoms with E-state index >= 15 is 0 Å². The van der Waals surface area contributed by atoms with Gasteiger partial charge < -0.3 is 0 Å². The zero-order valence-corrected chi connectivity index (χ0v) is 15.4. The Morgan fingerprint density at radius 3 is 1.35 bits per heavy atom. The van der Waals surface area contributed by atoms with E-state index in [0.717, 1.165) is 11.5 Å². The van der Waals surface area contributed by atoms with Gasteiger partial charge in [-0.1, -0.05) is 88.0 Å². The first kappa shape index (κ1) is 42.7. The van der Waals surface area contributed by atoms with E-state index in [2.05, 4.69) is 47.0 Å². The average molecular weight is 323 g/mol. The Morgan fingerprint density at radius 2 is 1.30 bits per heavy atom. The minimum absolute atomic E-state index is 0. The van der Waals surface area contributed by atoms with E-state index in [1.54, 1.807) is 6.08 Å². The predicted octanol–water partition coefficient (Wildman–Crippen LogP) is 6.53. The summed E-state index contributed by atoms with van der Waals surface area (Å²) >= 11 is 0. The average Bonchev–Trinajstić information content (AvgIpc) is 2.27. The molecule has 0 aromatic carbocycles. The van der Waals surface area contributed by atoms with Gasteiger partial charge in [-0.2, -0.15) is 0 Å². The van der Waals surface area contributed by atoms with E-state index in [9.17, 15) is 0 Å². The van der Waals surface area contributed by atoms with Gasteiger partial charge in [-0.05, 0) is 12.8 Å². The van der Waals surface area contributed by atoms with Crippen LogP contribution in [0, 0.1) is 5.92 Å². The molecule has 0 aromatic heterocycles. The Balaban J connectivity index is -0.0000000268. The topological polar surface area (TPSA) is 0 Å². The molecule has 0 fully saturated rings. The Hall–Kier alpha value is -0.0862. The third kappa shape index (κ3) is 64.5. The van der Waals surface area contributed by atoms with Crippen molar-refractivity contribution in [3.8, 4) is 0 Å². The zero-order chi connectivity index (χ0) is 13.4. The summed E-state index contributed by atoms with van der Waals surface area (Å²) in [5.41, 5.74) is 3.13. The lowest BCUT2D eigenvalue weighted by atomic mass is 10.1. The van der Waals surface area contributed by atoms with Gasteiger partial charge in [0.1, 0.15) is 0 Å². The molecule has 0 saturated carbocycles. The molecule has 1 atom stereocenters. The summed E-state index contributed by atoms with van der Waals surface area (Å²) in [6, 6.07) is 0. The first-order chi connectivity index (χ1) is 7.53. The highest BCUT2D eigenvalue weighted by Gasteiger charge is 2.04. The summed E-state index contributed by atoms with van der Waals surface area (Å²) in [5.74, 6) is 0.919. The molecule has 0 nitrogen and oxygen atoms in total. The molecule has 0 radical (unpaired) electrons. The van der Waals surface area contributed by atoms with Crippen molar-refractivity contribution in [3.05, 3.63) is 24.9 Å². The van der Waals surface area contributed by atoms with Crippen LogP contribution >= 0.6 is 0 Å². The second-order valence-corrected chi connectivity index (χ2v) is 7.78. The van der Waals surface area contributed by atoms with Crippen LogP contribution in [0.2, 0.25) is 18.6 Å². The number of hydrogen-bond donors (Lipinski definition) is 0. The zero-order valence-electron chi connectivity index (χ0n) is 12.6. The van der Waals surface area contributed by atoms with E-state index in [1.807, 2.05) is 12.6 Å². The van der Waals surface area contributed by atoms with Crippen LogP contribution in [0.5, 0.6) is 0 Å². The van der Waals surface area contributed by atoms with Gasteiger partial charge in [-0.15, -0.1) is 18.9 Å². The smallest absolute Gasteiger partial charge is 0.0415 e. The molecular formula is C18H50Si2. The Bertz CT molecular complexity index is 127. The summed E-state index contributed by atoms with van der Waals surface area (Å²) < 4.78 is 0. The quantitative estimate of drug-likeness (QED) is 0.398. The van der Waals surface area contributed by atoms with Crippen LogP contribution in [0.4, 0.5) is 0 Å². The maximum absolute atomic E-state index is 3.54. The fourth-order valence-electron chi connectivity index (χ4n) is 1.29. The molecule has 0 saturated heterocycles. The summed E-state index contributed by atoms with van der Waals surface area (Å²) in [6.07, 6.45) is 4.64. The van der Waals surface area contributed by atoms with E-state index in [4.69, 9.17) is 0 Å². The maximum Gasteiger partial charge on any atom is 0.0415 e. The van der Waals surface area contributed by atoms with Gasteiger partial charge in [0.05, 0.1) is 0 Å². The lowest BCUT2D eigenvalue weighted by Gasteiger charge is -2.13. The Kier molecular flexibility index (Phi) is 91.3. The highest BCUT2D eigenvalue weighted by molar-refractivity contribution is 6.39. The highest BCUT2D eigenvalue weighted by Crippen LogP contribution is 2.19. The van der Waals surface area contributed by atoms with Crippen molar-refractivity contribution in [1.29, 1.82) is 0 Å². The van der Waals surface area contributed by atoms with Crippen molar-refractivity contribution in [2.24, 2.45) is 5.92 Å². The fourth-order valence-corrected chi connectivity index (χ4v) is 2.87. The minimum atomic E-state index is 0. The molecule has 0 spiro atoms. The standard InChI is InChI=1S/C8H20Si.C3H8Si.C3H6.4CH4/c1-5-8(9-4)6-7(2)3;1-3-4-2;1-3-2;;;;/h7-8H,5-6,9H2,1-4H3;3H,1,4H2,2H3;3H,1H2,2H3;4*1H4. The molecule has 0 amide bonds. The molecule has 130 valence electrons. The molecule has 0 aromatic rings. The molecule has 0 rings (SSSR count). The van der Waals surface area contributed by atoms with Crippen molar-refractivity contribution in [2.45, 2.75) is 88.9 Å². The maximum atomic E-state index is 3.54. The van der Waals surface area contributed by atoms with Crippen LogP contribution in [0.15, 0.2) is 24.9 Å². The normalized spacial score (nSPS) is 9.55. The summed E-state index contributed by atoms with van der Waals surface area (Å²) in [5, 5.41) is 0. The third-order valence-corrected chi connectivity index (χ3v) is 4.89. The van der Waals surface area contributed by atoms with Crippen molar-refractivity contribution in [3.63, 3.8) is 0 Å². The minimum Gasteiger partial charge on any atom is -0.109 e. The summed E-state index contributed by atoms with van der Waals surface area (Å²) in [4.78, 5) is 0. The number of rotatable bonds is 5. The monoisotopic (exact) mass is 322 g/mol. The van der Waals surface area contributed by atoms with E-state index in [-0.39, 0.29) is 48.7 Å². The lowest BCUT2D eigenvalue weighted by Crippen LogP contribution is -2.02. The summed E-state index contributed by atoms with van der Waals surface area (Å²) in [6.45, 7) is 20.4. The molecule has 0 bridgehead atoms. The van der Waals surface area contributed by atoms with Gasteiger partial charge >= 0.3 is 0 Å².